The van der Waals surface area contributed by atoms with E-state index >= 15 is 0 Å². The molecule has 2 saturated heterocycles. The van der Waals surface area contributed by atoms with Crippen LogP contribution >= 0.6 is 0 Å². The first-order valence-electron chi connectivity index (χ1n) is 8.08. The highest BCUT2D eigenvalue weighted by Gasteiger charge is 2.23. The molecule has 0 aromatic heterocycles. The Morgan fingerprint density at radius 3 is 2.41 bits per heavy atom. The molecule has 0 bridgehead atoms. The van der Waals surface area contributed by atoms with Crippen LogP contribution < -0.4 is 5.32 Å². The lowest BCUT2D eigenvalue weighted by molar-refractivity contribution is -0.133. The Morgan fingerprint density at radius 2 is 1.77 bits per heavy atom. The van der Waals surface area contributed by atoms with Crippen molar-refractivity contribution in [2.24, 2.45) is 0 Å². The van der Waals surface area contributed by atoms with Crippen LogP contribution in [0.5, 0.6) is 0 Å². The molecule has 2 amide bonds. The molecule has 7 heteroatoms. The highest BCUT2D eigenvalue weighted by molar-refractivity contribution is 5.78. The highest BCUT2D eigenvalue weighted by Crippen LogP contribution is 2.14. The van der Waals surface area contributed by atoms with E-state index in [9.17, 15) is 9.59 Å². The first kappa shape index (κ1) is 17.2. The largest absolute Gasteiger partial charge is 0.381 e. The van der Waals surface area contributed by atoms with Crippen LogP contribution in [0.2, 0.25) is 0 Å². The quantitative estimate of drug-likeness (QED) is 0.713. The number of amides is 2. The molecule has 0 aromatic rings. The van der Waals surface area contributed by atoms with Crippen LogP contribution in [-0.2, 0) is 19.1 Å². The second-order valence-electron chi connectivity index (χ2n) is 5.79. The number of carbonyl (C=O) groups excluding carboxylic acids is 2. The Hall–Kier alpha value is -1.18. The first-order chi connectivity index (χ1) is 10.7. The van der Waals surface area contributed by atoms with E-state index in [2.05, 4.69) is 10.2 Å². The summed E-state index contributed by atoms with van der Waals surface area (Å²) in [5, 5.41) is 2.91. The molecular weight excluding hydrogens is 286 g/mol. The van der Waals surface area contributed by atoms with Gasteiger partial charge in [0, 0.05) is 52.4 Å². The molecule has 126 valence electrons. The molecule has 2 heterocycles. The maximum absolute atomic E-state index is 11.9. The van der Waals surface area contributed by atoms with Gasteiger partial charge in [0.15, 0.2) is 0 Å². The minimum Gasteiger partial charge on any atom is -0.381 e. The maximum atomic E-state index is 11.9. The fourth-order valence-electron chi connectivity index (χ4n) is 2.93. The minimum atomic E-state index is 0.0115. The lowest BCUT2D eigenvalue weighted by atomic mass is 10.1. The fourth-order valence-corrected chi connectivity index (χ4v) is 2.93. The van der Waals surface area contributed by atoms with Gasteiger partial charge >= 0.3 is 0 Å². The van der Waals surface area contributed by atoms with Crippen molar-refractivity contribution in [2.75, 3.05) is 59.2 Å². The van der Waals surface area contributed by atoms with Gasteiger partial charge in [0.05, 0.1) is 19.8 Å². The molecular formula is C15H27N3O4. The average molecular weight is 313 g/mol. The van der Waals surface area contributed by atoms with E-state index in [1.54, 1.807) is 6.92 Å². The van der Waals surface area contributed by atoms with Crippen LogP contribution in [-0.4, -0.2) is 86.8 Å². The summed E-state index contributed by atoms with van der Waals surface area (Å²) in [5.41, 5.74) is 0. The summed E-state index contributed by atoms with van der Waals surface area (Å²) in [6, 6.07) is 0.238. The van der Waals surface area contributed by atoms with Crippen LogP contribution in [0.25, 0.3) is 0 Å². The van der Waals surface area contributed by atoms with E-state index in [1.165, 1.54) is 0 Å². The van der Waals surface area contributed by atoms with Gasteiger partial charge in [-0.25, -0.2) is 0 Å². The van der Waals surface area contributed by atoms with E-state index in [-0.39, 0.29) is 17.9 Å². The smallest absolute Gasteiger partial charge is 0.234 e. The number of carbonyl (C=O) groups is 2. The molecule has 1 N–H and O–H groups in total. The lowest BCUT2D eigenvalue weighted by Gasteiger charge is -2.33. The van der Waals surface area contributed by atoms with Crippen LogP contribution in [0.1, 0.15) is 19.8 Å². The van der Waals surface area contributed by atoms with Gasteiger partial charge < -0.3 is 19.7 Å². The number of nitrogens with one attached hydrogen (secondary N) is 1. The first-order valence-corrected chi connectivity index (χ1v) is 8.08. The topological polar surface area (TPSA) is 71.1 Å². The van der Waals surface area contributed by atoms with Crippen LogP contribution in [0.4, 0.5) is 0 Å². The normalized spacial score (nSPS) is 20.6. The summed E-state index contributed by atoms with van der Waals surface area (Å²) in [6.07, 6.45) is 1.75. The van der Waals surface area contributed by atoms with E-state index in [0.717, 1.165) is 25.9 Å². The van der Waals surface area contributed by atoms with E-state index in [0.29, 0.717) is 46.1 Å². The van der Waals surface area contributed by atoms with Gasteiger partial charge in [-0.2, -0.15) is 0 Å². The summed E-state index contributed by atoms with van der Waals surface area (Å²) in [4.78, 5) is 27.6. The molecule has 0 aliphatic carbocycles. The second kappa shape index (κ2) is 9.07. The molecule has 0 saturated carbocycles. The molecule has 0 unspecified atom stereocenters. The Balaban J connectivity index is 1.68. The van der Waals surface area contributed by atoms with Gasteiger partial charge in [-0.1, -0.05) is 0 Å². The van der Waals surface area contributed by atoms with Crippen molar-refractivity contribution >= 4 is 11.8 Å². The van der Waals surface area contributed by atoms with E-state index < -0.39 is 0 Å². The third-order valence-electron chi connectivity index (χ3n) is 4.18. The zero-order valence-electron chi connectivity index (χ0n) is 13.4. The van der Waals surface area contributed by atoms with Crippen molar-refractivity contribution in [3.63, 3.8) is 0 Å². The van der Waals surface area contributed by atoms with Gasteiger partial charge in [-0.05, 0) is 12.8 Å². The van der Waals surface area contributed by atoms with Gasteiger partial charge in [-0.15, -0.1) is 0 Å². The molecule has 2 aliphatic rings. The minimum absolute atomic E-state index is 0.0115. The molecule has 2 fully saturated rings. The van der Waals surface area contributed by atoms with E-state index in [4.69, 9.17) is 9.47 Å². The average Bonchev–Trinajstić information content (AvgIpc) is 2.53. The monoisotopic (exact) mass is 313 g/mol. The Kier molecular flexibility index (Phi) is 7.08. The summed E-state index contributed by atoms with van der Waals surface area (Å²) in [5.74, 6) is 0.0757. The summed E-state index contributed by atoms with van der Waals surface area (Å²) >= 11 is 0. The lowest BCUT2D eigenvalue weighted by Crippen LogP contribution is -2.48. The Morgan fingerprint density at radius 1 is 1.14 bits per heavy atom. The Labute approximate surface area is 131 Å². The SMILES string of the molecule is CC(=O)N(CCNC(=O)CN1CCOCC1)C1CCOCC1. The van der Waals surface area contributed by atoms with Gasteiger partial charge in [0.1, 0.15) is 0 Å². The third kappa shape index (κ3) is 5.55. The fraction of sp³-hybridized carbons (Fsp3) is 0.867. The molecule has 0 radical (unpaired) electrons. The number of morpholine rings is 1. The van der Waals surface area contributed by atoms with Crippen molar-refractivity contribution in [2.45, 2.75) is 25.8 Å². The van der Waals surface area contributed by atoms with Crippen molar-refractivity contribution < 1.29 is 19.1 Å². The highest BCUT2D eigenvalue weighted by atomic mass is 16.5. The van der Waals surface area contributed by atoms with E-state index in [1.807, 2.05) is 4.90 Å². The summed E-state index contributed by atoms with van der Waals surface area (Å²) in [6.45, 7) is 7.45. The van der Waals surface area contributed by atoms with Gasteiger partial charge in [-0.3, -0.25) is 14.5 Å². The number of nitrogens with zero attached hydrogens (tertiary/aromatic N) is 2. The van der Waals surface area contributed by atoms with Crippen molar-refractivity contribution in [3.8, 4) is 0 Å². The van der Waals surface area contributed by atoms with Gasteiger partial charge in [0.2, 0.25) is 11.8 Å². The summed E-state index contributed by atoms with van der Waals surface area (Å²) in [7, 11) is 0. The number of hydrogen-bond acceptors (Lipinski definition) is 5. The maximum Gasteiger partial charge on any atom is 0.234 e. The van der Waals surface area contributed by atoms with Crippen molar-refractivity contribution in [1.82, 2.24) is 15.1 Å². The molecule has 7 nitrogen and oxygen atoms in total. The molecule has 0 spiro atoms. The zero-order chi connectivity index (χ0) is 15.8. The van der Waals surface area contributed by atoms with Crippen molar-refractivity contribution in [1.29, 1.82) is 0 Å². The number of ether oxygens (including phenoxy) is 2. The molecule has 2 aliphatic heterocycles. The number of hydrogen-bond donors (Lipinski definition) is 1. The molecule has 0 aromatic carbocycles. The molecule has 22 heavy (non-hydrogen) atoms. The predicted molar refractivity (Wildman–Crippen MR) is 81.5 cm³/mol. The number of rotatable bonds is 6. The second-order valence-corrected chi connectivity index (χ2v) is 5.79. The third-order valence-corrected chi connectivity index (χ3v) is 4.18. The molecule has 0 atom stereocenters. The predicted octanol–water partition coefficient (Wildman–Crippen LogP) is -0.538. The van der Waals surface area contributed by atoms with Crippen molar-refractivity contribution in [3.05, 3.63) is 0 Å². The Bertz CT molecular complexity index is 366. The summed E-state index contributed by atoms with van der Waals surface area (Å²) < 4.78 is 10.6. The van der Waals surface area contributed by atoms with Crippen LogP contribution in [0, 0.1) is 0 Å². The van der Waals surface area contributed by atoms with Crippen LogP contribution in [0.3, 0.4) is 0 Å². The van der Waals surface area contributed by atoms with Crippen LogP contribution in [0.15, 0.2) is 0 Å². The molecule has 2 rings (SSSR count). The zero-order valence-corrected chi connectivity index (χ0v) is 13.4. The van der Waals surface area contributed by atoms with Gasteiger partial charge in [0.25, 0.3) is 0 Å². The standard InChI is InChI=1S/C15H27N3O4/c1-13(19)18(14-2-8-21-9-3-14)5-4-16-15(20)12-17-6-10-22-11-7-17/h14H,2-12H2,1H3,(H,16,20).